The van der Waals surface area contributed by atoms with E-state index in [0.29, 0.717) is 5.92 Å². The normalized spacial score (nSPS) is 12.4. The molecule has 5 nitrogen and oxygen atoms in total. The number of aliphatic imine (C=N–C) groups is 1. The second-order valence-electron chi connectivity index (χ2n) is 6.80. The molecule has 1 aromatic carbocycles. The molecule has 0 amide bonds. The molecule has 6 heteroatoms. The lowest BCUT2D eigenvalue weighted by Gasteiger charge is -2.18. The lowest BCUT2D eigenvalue weighted by Crippen LogP contribution is -2.38. The smallest absolute Gasteiger partial charge is 0.191 e. The van der Waals surface area contributed by atoms with Crippen LogP contribution in [-0.4, -0.2) is 38.9 Å². The van der Waals surface area contributed by atoms with Crippen LogP contribution >= 0.6 is 24.0 Å². The monoisotopic (exact) mass is 491 g/mol. The summed E-state index contributed by atoms with van der Waals surface area (Å²) in [5.74, 6) is 2.31. The van der Waals surface area contributed by atoms with Crippen molar-refractivity contribution in [2.75, 3.05) is 32.9 Å². The molecule has 0 saturated heterocycles. The van der Waals surface area contributed by atoms with Crippen LogP contribution in [0.15, 0.2) is 29.3 Å². The van der Waals surface area contributed by atoms with Crippen molar-refractivity contribution in [2.24, 2.45) is 10.9 Å². The first-order chi connectivity index (χ1) is 12.6. The number of halogens is 1. The Bertz CT molecular complexity index is 507. The molecule has 0 bridgehead atoms. The molecule has 156 valence electrons. The number of hydrogen-bond acceptors (Lipinski definition) is 3. The van der Waals surface area contributed by atoms with Gasteiger partial charge < -0.3 is 20.1 Å². The average molecular weight is 491 g/mol. The third kappa shape index (κ3) is 12.1. The highest BCUT2D eigenvalue weighted by molar-refractivity contribution is 14.0. The molecule has 0 aliphatic heterocycles. The highest BCUT2D eigenvalue weighted by Crippen LogP contribution is 2.18. The van der Waals surface area contributed by atoms with Crippen molar-refractivity contribution in [3.8, 4) is 5.75 Å². The molecule has 2 N–H and O–H groups in total. The highest BCUT2D eigenvalue weighted by Gasteiger charge is 2.08. The summed E-state index contributed by atoms with van der Waals surface area (Å²) in [6.07, 6.45) is 2.08. The molecule has 27 heavy (non-hydrogen) atoms. The third-order valence-corrected chi connectivity index (χ3v) is 3.83. The van der Waals surface area contributed by atoms with E-state index in [9.17, 15) is 0 Å². The van der Waals surface area contributed by atoms with Gasteiger partial charge in [-0.3, -0.25) is 4.99 Å². The first-order valence-electron chi connectivity index (χ1n) is 9.92. The van der Waals surface area contributed by atoms with Crippen molar-refractivity contribution in [1.29, 1.82) is 0 Å². The van der Waals surface area contributed by atoms with E-state index in [1.54, 1.807) is 0 Å². The van der Waals surface area contributed by atoms with Crippen LogP contribution in [0.25, 0.3) is 0 Å². The molecule has 0 fully saturated rings. The maximum atomic E-state index is 5.75. The first-order valence-corrected chi connectivity index (χ1v) is 9.92. The van der Waals surface area contributed by atoms with Gasteiger partial charge in [0.15, 0.2) is 5.96 Å². The summed E-state index contributed by atoms with van der Waals surface area (Å²) >= 11 is 0. The molecular formula is C21H38IN3O2. The van der Waals surface area contributed by atoms with E-state index in [2.05, 4.69) is 55.5 Å². The Hall–Kier alpha value is -1.02. The molecular weight excluding hydrogens is 453 g/mol. The van der Waals surface area contributed by atoms with Crippen molar-refractivity contribution in [3.63, 3.8) is 0 Å². The van der Waals surface area contributed by atoms with Crippen LogP contribution in [-0.2, 0) is 4.74 Å². The topological polar surface area (TPSA) is 54.9 Å². The van der Waals surface area contributed by atoms with E-state index in [1.165, 1.54) is 5.56 Å². The zero-order chi connectivity index (χ0) is 19.2. The molecule has 0 aliphatic carbocycles. The maximum Gasteiger partial charge on any atom is 0.191 e. The Morgan fingerprint density at radius 1 is 1.07 bits per heavy atom. The second-order valence-corrected chi connectivity index (χ2v) is 6.80. The predicted molar refractivity (Wildman–Crippen MR) is 125 cm³/mol. The summed E-state index contributed by atoms with van der Waals surface area (Å²) in [5.41, 5.74) is 1.21. The van der Waals surface area contributed by atoms with Gasteiger partial charge in [-0.25, -0.2) is 0 Å². The van der Waals surface area contributed by atoms with Gasteiger partial charge in [-0.2, -0.15) is 0 Å². The SMILES string of the molecule is CCNC(=NCCCCOCC)NC(C)c1ccc(OCC(C)C)cc1.I. The Morgan fingerprint density at radius 3 is 2.37 bits per heavy atom. The fourth-order valence-corrected chi connectivity index (χ4v) is 2.38. The first kappa shape index (κ1) is 26.0. The maximum absolute atomic E-state index is 5.75. The van der Waals surface area contributed by atoms with Crippen LogP contribution in [0.2, 0.25) is 0 Å². The quantitative estimate of drug-likeness (QED) is 0.191. The number of ether oxygens (including phenoxy) is 2. The number of nitrogens with one attached hydrogen (secondary N) is 2. The summed E-state index contributed by atoms with van der Waals surface area (Å²) in [4.78, 5) is 4.66. The Morgan fingerprint density at radius 2 is 1.78 bits per heavy atom. The summed E-state index contributed by atoms with van der Waals surface area (Å²) in [6, 6.07) is 8.47. The van der Waals surface area contributed by atoms with Gasteiger partial charge in [0, 0.05) is 26.3 Å². The van der Waals surface area contributed by atoms with Gasteiger partial charge in [-0.1, -0.05) is 26.0 Å². The molecule has 1 rings (SSSR count). The summed E-state index contributed by atoms with van der Waals surface area (Å²) in [5, 5.41) is 6.79. The number of guanidine groups is 1. The zero-order valence-electron chi connectivity index (χ0n) is 17.6. The minimum absolute atomic E-state index is 0. The van der Waals surface area contributed by atoms with Crippen LogP contribution in [0.5, 0.6) is 5.75 Å². The molecule has 1 atom stereocenters. The summed E-state index contributed by atoms with van der Waals surface area (Å²) in [6.45, 7) is 14.5. The van der Waals surface area contributed by atoms with Gasteiger partial charge in [-0.15, -0.1) is 24.0 Å². The van der Waals surface area contributed by atoms with Crippen LogP contribution in [0, 0.1) is 5.92 Å². The van der Waals surface area contributed by atoms with Crippen molar-refractivity contribution in [3.05, 3.63) is 29.8 Å². The van der Waals surface area contributed by atoms with E-state index < -0.39 is 0 Å². The molecule has 0 heterocycles. The molecule has 0 saturated carbocycles. The summed E-state index contributed by atoms with van der Waals surface area (Å²) < 4.78 is 11.1. The fraction of sp³-hybridized carbons (Fsp3) is 0.667. The molecule has 1 unspecified atom stereocenters. The number of unbranched alkanes of at least 4 members (excludes halogenated alkanes) is 1. The van der Waals surface area contributed by atoms with Crippen molar-refractivity contribution in [2.45, 2.75) is 53.5 Å². The number of benzene rings is 1. The van der Waals surface area contributed by atoms with Crippen LogP contribution in [0.4, 0.5) is 0 Å². The zero-order valence-corrected chi connectivity index (χ0v) is 19.9. The second kappa shape index (κ2) is 16.0. The van der Waals surface area contributed by atoms with Crippen LogP contribution in [0.1, 0.15) is 59.1 Å². The van der Waals surface area contributed by atoms with Crippen molar-refractivity contribution in [1.82, 2.24) is 10.6 Å². The van der Waals surface area contributed by atoms with Crippen molar-refractivity contribution < 1.29 is 9.47 Å². The van der Waals surface area contributed by atoms with E-state index in [4.69, 9.17) is 9.47 Å². The standard InChI is InChI=1S/C21H37N3O2.HI/c1-6-22-21(23-14-8-9-15-25-7-2)24-18(5)19-10-12-20(13-11-19)26-16-17(3)4;/h10-13,17-18H,6-9,14-16H2,1-5H3,(H2,22,23,24);1H. The Balaban J connectivity index is 0.00000676. The number of nitrogens with zero attached hydrogens (tertiary/aromatic N) is 1. The van der Waals surface area contributed by atoms with Crippen LogP contribution in [0.3, 0.4) is 0 Å². The summed E-state index contributed by atoms with van der Waals surface area (Å²) in [7, 11) is 0. The largest absolute Gasteiger partial charge is 0.493 e. The molecule has 0 radical (unpaired) electrons. The van der Waals surface area contributed by atoms with E-state index >= 15 is 0 Å². The van der Waals surface area contributed by atoms with Crippen LogP contribution < -0.4 is 15.4 Å². The Kier molecular flexibility index (Phi) is 15.4. The fourth-order valence-electron chi connectivity index (χ4n) is 2.38. The number of hydrogen-bond donors (Lipinski definition) is 2. The van der Waals surface area contributed by atoms with E-state index in [-0.39, 0.29) is 30.0 Å². The lowest BCUT2D eigenvalue weighted by atomic mass is 10.1. The van der Waals surface area contributed by atoms with Gasteiger partial charge in [-0.05, 0) is 57.2 Å². The number of rotatable bonds is 12. The van der Waals surface area contributed by atoms with E-state index in [1.807, 2.05) is 19.1 Å². The van der Waals surface area contributed by atoms with Gasteiger partial charge in [0.1, 0.15) is 5.75 Å². The van der Waals surface area contributed by atoms with E-state index in [0.717, 1.165) is 57.5 Å². The minimum Gasteiger partial charge on any atom is -0.493 e. The van der Waals surface area contributed by atoms with Gasteiger partial charge in [0.25, 0.3) is 0 Å². The van der Waals surface area contributed by atoms with Gasteiger partial charge in [0.05, 0.1) is 12.6 Å². The Labute approximate surface area is 182 Å². The predicted octanol–water partition coefficient (Wildman–Crippen LogP) is 4.77. The molecule has 0 spiro atoms. The lowest BCUT2D eigenvalue weighted by molar-refractivity contribution is 0.144. The van der Waals surface area contributed by atoms with Crippen molar-refractivity contribution >= 4 is 29.9 Å². The third-order valence-electron chi connectivity index (χ3n) is 3.83. The van der Waals surface area contributed by atoms with Gasteiger partial charge >= 0.3 is 0 Å². The molecule has 0 aromatic heterocycles. The average Bonchev–Trinajstić information content (AvgIpc) is 2.63. The highest BCUT2D eigenvalue weighted by atomic mass is 127. The van der Waals surface area contributed by atoms with Gasteiger partial charge in [0.2, 0.25) is 0 Å². The minimum atomic E-state index is 0. The molecule has 1 aromatic rings. The molecule has 0 aliphatic rings.